The zero-order valence-electron chi connectivity index (χ0n) is 23.0. The number of rotatable bonds is 4. The minimum Gasteiger partial charge on any atom is -0.501 e. The van der Waals surface area contributed by atoms with Gasteiger partial charge >= 0.3 is 0 Å². The standard InChI is InChI=1S/C20H16NO.C15H16N.Ir/c1-13(2)14-9-10-15-16-6-5-7-17(18-8-3-4-11-21-18)20(16)22-19(15)12-14;1-11(2)13-5-7-14(8-6-13)15-9-4-12(3)10-16-15;/h3-6,8-13H,1-2H3;4-7,9-11H,1-3H3;/q2*-1;. The molecule has 0 fully saturated rings. The van der Waals surface area contributed by atoms with Crippen molar-refractivity contribution in [3.05, 3.63) is 120 Å². The number of hydrogen-bond acceptors (Lipinski definition) is 3. The summed E-state index contributed by atoms with van der Waals surface area (Å²) in [5, 5.41) is 2.26. The van der Waals surface area contributed by atoms with Crippen LogP contribution >= 0.6 is 0 Å². The fraction of sp³-hybridized carbons (Fsp3) is 0.200. The van der Waals surface area contributed by atoms with Crippen LogP contribution in [0.2, 0.25) is 0 Å². The Kier molecular flexibility index (Phi) is 9.12. The van der Waals surface area contributed by atoms with Crippen LogP contribution in [0.1, 0.15) is 56.2 Å². The molecular weight excluding hydrogens is 657 g/mol. The van der Waals surface area contributed by atoms with Crippen molar-refractivity contribution in [1.29, 1.82) is 0 Å². The van der Waals surface area contributed by atoms with Crippen molar-refractivity contribution in [3.63, 3.8) is 0 Å². The number of furan rings is 1. The summed E-state index contributed by atoms with van der Waals surface area (Å²) in [6.07, 6.45) is 3.68. The van der Waals surface area contributed by atoms with E-state index in [1.165, 1.54) is 16.7 Å². The molecule has 6 rings (SSSR count). The first-order valence-electron chi connectivity index (χ1n) is 13.1. The molecule has 4 heteroatoms. The normalized spacial score (nSPS) is 10.9. The maximum absolute atomic E-state index is 6.16. The van der Waals surface area contributed by atoms with E-state index in [0.717, 1.165) is 44.5 Å². The van der Waals surface area contributed by atoms with E-state index in [2.05, 4.69) is 98.3 Å². The van der Waals surface area contributed by atoms with Gasteiger partial charge in [0, 0.05) is 37.9 Å². The van der Waals surface area contributed by atoms with Gasteiger partial charge in [-0.05, 0) is 47.5 Å². The molecular formula is C35H32IrN2O-2. The Balaban J connectivity index is 0.000000186. The number of hydrogen-bond donors (Lipinski definition) is 0. The topological polar surface area (TPSA) is 38.9 Å². The molecule has 0 amide bonds. The van der Waals surface area contributed by atoms with Crippen molar-refractivity contribution in [3.8, 4) is 22.5 Å². The monoisotopic (exact) mass is 689 g/mol. The van der Waals surface area contributed by atoms with E-state index in [9.17, 15) is 0 Å². The van der Waals surface area contributed by atoms with Crippen molar-refractivity contribution in [2.24, 2.45) is 0 Å². The zero-order chi connectivity index (χ0) is 26.6. The zero-order valence-corrected chi connectivity index (χ0v) is 25.3. The molecule has 39 heavy (non-hydrogen) atoms. The fourth-order valence-corrected chi connectivity index (χ4v) is 4.40. The SMILES string of the molecule is CC(C)c1ccc2c(c1)oc1c(-c3ccccn3)[c-]ccc12.Cc1ccc(-c2[c-]cc(C(C)C)cc2)nc1.[Ir]. The van der Waals surface area contributed by atoms with E-state index >= 15 is 0 Å². The van der Waals surface area contributed by atoms with Crippen molar-refractivity contribution in [1.82, 2.24) is 9.97 Å². The van der Waals surface area contributed by atoms with Crippen LogP contribution in [0.4, 0.5) is 0 Å². The average Bonchev–Trinajstić information content (AvgIpc) is 3.32. The number of benzene rings is 3. The van der Waals surface area contributed by atoms with E-state index in [1.54, 1.807) is 6.20 Å². The smallest absolute Gasteiger partial charge is 0.121 e. The molecule has 199 valence electrons. The van der Waals surface area contributed by atoms with Gasteiger partial charge in [-0.2, -0.15) is 0 Å². The predicted molar refractivity (Wildman–Crippen MR) is 157 cm³/mol. The second-order valence-electron chi connectivity index (χ2n) is 10.2. The number of aromatic nitrogens is 2. The Bertz CT molecular complexity index is 1650. The molecule has 1 radical (unpaired) electrons. The summed E-state index contributed by atoms with van der Waals surface area (Å²) in [6.45, 7) is 10.8. The van der Waals surface area contributed by atoms with Gasteiger partial charge in [0.1, 0.15) is 5.58 Å². The van der Waals surface area contributed by atoms with E-state index in [1.807, 2.05) is 43.5 Å². The van der Waals surface area contributed by atoms with Gasteiger partial charge in [-0.1, -0.05) is 81.0 Å². The summed E-state index contributed by atoms with van der Waals surface area (Å²) in [5.74, 6) is 1.04. The Morgan fingerprint density at radius 1 is 0.744 bits per heavy atom. The summed E-state index contributed by atoms with van der Waals surface area (Å²) in [4.78, 5) is 8.82. The Labute approximate surface area is 244 Å². The van der Waals surface area contributed by atoms with Gasteiger partial charge in [0.2, 0.25) is 0 Å². The summed E-state index contributed by atoms with van der Waals surface area (Å²) < 4.78 is 6.16. The molecule has 0 N–H and O–H groups in total. The van der Waals surface area contributed by atoms with Crippen molar-refractivity contribution in [2.75, 3.05) is 0 Å². The molecule has 6 aromatic rings. The molecule has 0 unspecified atom stereocenters. The van der Waals surface area contributed by atoms with Crippen LogP contribution in [-0.2, 0) is 20.1 Å². The molecule has 0 saturated heterocycles. The van der Waals surface area contributed by atoms with Crippen LogP contribution in [0.5, 0.6) is 0 Å². The van der Waals surface area contributed by atoms with Gasteiger partial charge in [-0.3, -0.25) is 0 Å². The van der Waals surface area contributed by atoms with Gasteiger partial charge < -0.3 is 14.4 Å². The second kappa shape index (κ2) is 12.5. The van der Waals surface area contributed by atoms with Gasteiger partial charge in [-0.25, -0.2) is 0 Å². The molecule has 3 aromatic carbocycles. The minimum absolute atomic E-state index is 0. The summed E-state index contributed by atoms with van der Waals surface area (Å²) in [7, 11) is 0. The molecule has 0 saturated carbocycles. The van der Waals surface area contributed by atoms with Gasteiger partial charge in [0.25, 0.3) is 0 Å². The van der Waals surface area contributed by atoms with Crippen LogP contribution < -0.4 is 0 Å². The Morgan fingerprint density at radius 2 is 1.54 bits per heavy atom. The first-order chi connectivity index (χ1) is 18.4. The predicted octanol–water partition coefficient (Wildman–Crippen LogP) is 9.55. The Hall–Kier alpha value is -3.59. The van der Waals surface area contributed by atoms with Gasteiger partial charge in [-0.15, -0.1) is 53.6 Å². The van der Waals surface area contributed by atoms with Crippen molar-refractivity contribution in [2.45, 2.75) is 46.5 Å². The number of nitrogens with zero attached hydrogens (tertiary/aromatic N) is 2. The molecule has 0 bridgehead atoms. The molecule has 0 atom stereocenters. The number of aryl methyl sites for hydroxylation is 1. The van der Waals surface area contributed by atoms with Crippen LogP contribution in [0, 0.1) is 19.1 Å². The van der Waals surface area contributed by atoms with E-state index < -0.39 is 0 Å². The number of fused-ring (bicyclic) bond motifs is 3. The van der Waals surface area contributed by atoms with E-state index in [0.29, 0.717) is 11.8 Å². The minimum atomic E-state index is 0. The summed E-state index contributed by atoms with van der Waals surface area (Å²) >= 11 is 0. The Morgan fingerprint density at radius 3 is 2.18 bits per heavy atom. The molecule has 3 nitrogen and oxygen atoms in total. The third-order valence-electron chi connectivity index (χ3n) is 6.74. The largest absolute Gasteiger partial charge is 0.501 e. The van der Waals surface area contributed by atoms with Crippen LogP contribution in [-0.4, -0.2) is 9.97 Å². The first kappa shape index (κ1) is 28.4. The molecule has 3 heterocycles. The molecule has 0 aliphatic carbocycles. The maximum Gasteiger partial charge on any atom is 0.121 e. The third-order valence-corrected chi connectivity index (χ3v) is 6.74. The fourth-order valence-electron chi connectivity index (χ4n) is 4.40. The summed E-state index contributed by atoms with van der Waals surface area (Å²) in [6, 6.07) is 33.3. The number of pyridine rings is 2. The quantitative estimate of drug-likeness (QED) is 0.173. The second-order valence-corrected chi connectivity index (χ2v) is 10.2. The molecule has 3 aromatic heterocycles. The van der Waals surface area contributed by atoms with Gasteiger partial charge in [0.15, 0.2) is 0 Å². The van der Waals surface area contributed by atoms with Crippen molar-refractivity contribution < 1.29 is 24.5 Å². The van der Waals surface area contributed by atoms with E-state index in [4.69, 9.17) is 4.42 Å². The summed E-state index contributed by atoms with van der Waals surface area (Å²) in [5.41, 5.74) is 9.42. The maximum atomic E-state index is 6.16. The van der Waals surface area contributed by atoms with Crippen LogP contribution in [0.25, 0.3) is 44.5 Å². The first-order valence-corrected chi connectivity index (χ1v) is 13.1. The molecule has 0 aliphatic rings. The third kappa shape index (κ3) is 6.36. The van der Waals surface area contributed by atoms with Crippen LogP contribution in [0.3, 0.4) is 0 Å². The van der Waals surface area contributed by atoms with E-state index in [-0.39, 0.29) is 20.1 Å². The van der Waals surface area contributed by atoms with Crippen LogP contribution in [0.15, 0.2) is 95.7 Å². The van der Waals surface area contributed by atoms with Crippen molar-refractivity contribution >= 4 is 21.9 Å². The average molecular weight is 689 g/mol. The molecule has 0 spiro atoms. The molecule has 0 aliphatic heterocycles. The van der Waals surface area contributed by atoms with Gasteiger partial charge in [0.05, 0.1) is 5.58 Å².